The summed E-state index contributed by atoms with van der Waals surface area (Å²) in [6.45, 7) is 3.79. The first-order valence-electron chi connectivity index (χ1n) is 6.69. The SMILES string of the molecule is CCOc1cccc(CNCCc2nncn2C)c1O. The minimum absolute atomic E-state index is 0.209. The van der Waals surface area contributed by atoms with E-state index in [0.717, 1.165) is 24.4 Å². The van der Waals surface area contributed by atoms with Crippen LogP contribution in [0, 0.1) is 0 Å². The zero-order valence-electron chi connectivity index (χ0n) is 11.8. The molecule has 20 heavy (non-hydrogen) atoms. The van der Waals surface area contributed by atoms with Gasteiger partial charge in [-0.05, 0) is 13.0 Å². The smallest absolute Gasteiger partial charge is 0.162 e. The molecule has 0 bridgehead atoms. The zero-order valence-corrected chi connectivity index (χ0v) is 11.8. The summed E-state index contributed by atoms with van der Waals surface area (Å²) >= 11 is 0. The van der Waals surface area contributed by atoms with Gasteiger partial charge in [0.25, 0.3) is 0 Å². The van der Waals surface area contributed by atoms with Crippen molar-refractivity contribution in [1.29, 1.82) is 0 Å². The second kappa shape index (κ2) is 6.91. The van der Waals surface area contributed by atoms with Crippen LogP contribution in [0.5, 0.6) is 11.5 Å². The van der Waals surface area contributed by atoms with Gasteiger partial charge in [-0.1, -0.05) is 12.1 Å². The number of phenols is 1. The number of phenolic OH excluding ortho intramolecular Hbond substituents is 1. The van der Waals surface area contributed by atoms with E-state index < -0.39 is 0 Å². The molecule has 2 rings (SSSR count). The number of nitrogens with one attached hydrogen (secondary N) is 1. The molecule has 0 spiro atoms. The van der Waals surface area contributed by atoms with Crippen molar-refractivity contribution in [3.8, 4) is 11.5 Å². The van der Waals surface area contributed by atoms with Crippen LogP contribution < -0.4 is 10.1 Å². The van der Waals surface area contributed by atoms with Crippen molar-refractivity contribution in [2.45, 2.75) is 19.9 Å². The lowest BCUT2D eigenvalue weighted by Gasteiger charge is -2.10. The fourth-order valence-corrected chi connectivity index (χ4v) is 1.94. The van der Waals surface area contributed by atoms with Gasteiger partial charge < -0.3 is 19.7 Å². The van der Waals surface area contributed by atoms with Gasteiger partial charge in [-0.3, -0.25) is 0 Å². The molecule has 1 heterocycles. The average molecular weight is 276 g/mol. The summed E-state index contributed by atoms with van der Waals surface area (Å²) in [7, 11) is 1.92. The lowest BCUT2D eigenvalue weighted by atomic mass is 10.2. The van der Waals surface area contributed by atoms with E-state index in [1.807, 2.05) is 30.7 Å². The van der Waals surface area contributed by atoms with E-state index in [2.05, 4.69) is 15.5 Å². The van der Waals surface area contributed by atoms with Crippen molar-refractivity contribution < 1.29 is 9.84 Å². The van der Waals surface area contributed by atoms with Crippen LogP contribution >= 0.6 is 0 Å². The maximum absolute atomic E-state index is 10.1. The van der Waals surface area contributed by atoms with E-state index in [0.29, 0.717) is 18.9 Å². The predicted octanol–water partition coefficient (Wildman–Crippen LogP) is 1.25. The molecule has 1 aromatic carbocycles. The summed E-state index contributed by atoms with van der Waals surface area (Å²) < 4.78 is 7.26. The average Bonchev–Trinajstić information content (AvgIpc) is 2.84. The summed E-state index contributed by atoms with van der Waals surface area (Å²) in [5.41, 5.74) is 0.828. The number of nitrogens with zero attached hydrogens (tertiary/aromatic N) is 3. The molecule has 6 heteroatoms. The molecule has 0 fully saturated rings. The van der Waals surface area contributed by atoms with Crippen LogP contribution in [0.15, 0.2) is 24.5 Å². The fraction of sp³-hybridized carbons (Fsp3) is 0.429. The second-order valence-electron chi connectivity index (χ2n) is 4.48. The molecule has 2 N–H and O–H groups in total. The molecule has 0 amide bonds. The van der Waals surface area contributed by atoms with E-state index in [4.69, 9.17) is 4.74 Å². The van der Waals surface area contributed by atoms with E-state index in [1.165, 1.54) is 0 Å². The van der Waals surface area contributed by atoms with E-state index in [1.54, 1.807) is 12.4 Å². The second-order valence-corrected chi connectivity index (χ2v) is 4.48. The van der Waals surface area contributed by atoms with Crippen LogP contribution in [0.4, 0.5) is 0 Å². The molecule has 0 unspecified atom stereocenters. The van der Waals surface area contributed by atoms with E-state index in [-0.39, 0.29) is 5.75 Å². The minimum Gasteiger partial charge on any atom is -0.504 e. The van der Waals surface area contributed by atoms with Gasteiger partial charge in [0.05, 0.1) is 6.61 Å². The highest BCUT2D eigenvalue weighted by Gasteiger charge is 2.07. The summed E-state index contributed by atoms with van der Waals surface area (Å²) in [6.07, 6.45) is 2.48. The van der Waals surface area contributed by atoms with Crippen LogP contribution in [0.25, 0.3) is 0 Å². The predicted molar refractivity (Wildman–Crippen MR) is 75.7 cm³/mol. The number of rotatable bonds is 7. The van der Waals surface area contributed by atoms with E-state index >= 15 is 0 Å². The Kier molecular flexibility index (Phi) is 4.95. The summed E-state index contributed by atoms with van der Waals surface area (Å²) in [5.74, 6) is 1.67. The normalized spacial score (nSPS) is 10.7. The first-order valence-corrected chi connectivity index (χ1v) is 6.69. The van der Waals surface area contributed by atoms with Gasteiger partial charge in [0.2, 0.25) is 0 Å². The lowest BCUT2D eigenvalue weighted by Crippen LogP contribution is -2.18. The topological polar surface area (TPSA) is 72.2 Å². The van der Waals surface area contributed by atoms with Gasteiger partial charge in [-0.2, -0.15) is 0 Å². The molecule has 0 radical (unpaired) electrons. The molecule has 1 aromatic heterocycles. The van der Waals surface area contributed by atoms with Gasteiger partial charge >= 0.3 is 0 Å². The highest BCUT2D eigenvalue weighted by Crippen LogP contribution is 2.29. The molecule has 6 nitrogen and oxygen atoms in total. The molecule has 108 valence electrons. The van der Waals surface area contributed by atoms with Crippen molar-refractivity contribution in [3.05, 3.63) is 35.9 Å². The Morgan fingerprint density at radius 1 is 1.40 bits per heavy atom. The Morgan fingerprint density at radius 2 is 2.25 bits per heavy atom. The van der Waals surface area contributed by atoms with Gasteiger partial charge in [0.1, 0.15) is 12.2 Å². The van der Waals surface area contributed by atoms with Crippen molar-refractivity contribution in [2.24, 2.45) is 7.05 Å². The maximum atomic E-state index is 10.1. The number of para-hydroxylation sites is 1. The van der Waals surface area contributed by atoms with Gasteiger partial charge in [0, 0.05) is 32.1 Å². The Hall–Kier alpha value is -2.08. The molecule has 0 atom stereocenters. The number of aryl methyl sites for hydroxylation is 1. The third-order valence-corrected chi connectivity index (χ3v) is 3.03. The van der Waals surface area contributed by atoms with Crippen LogP contribution in [-0.4, -0.2) is 33.0 Å². The summed E-state index contributed by atoms with van der Waals surface area (Å²) in [6, 6.07) is 5.53. The Morgan fingerprint density at radius 3 is 2.95 bits per heavy atom. The van der Waals surface area contributed by atoms with Crippen LogP contribution in [0.3, 0.4) is 0 Å². The molecular weight excluding hydrogens is 256 g/mol. The third kappa shape index (κ3) is 3.48. The number of aromatic nitrogens is 3. The first kappa shape index (κ1) is 14.3. The maximum Gasteiger partial charge on any atom is 0.162 e. The Bertz CT molecular complexity index is 554. The highest BCUT2D eigenvalue weighted by molar-refractivity contribution is 5.45. The molecule has 0 aliphatic carbocycles. The Balaban J connectivity index is 1.85. The third-order valence-electron chi connectivity index (χ3n) is 3.03. The number of ether oxygens (including phenoxy) is 1. The molecule has 0 saturated heterocycles. The zero-order chi connectivity index (χ0) is 14.4. The van der Waals surface area contributed by atoms with Crippen molar-refractivity contribution in [1.82, 2.24) is 20.1 Å². The summed E-state index contributed by atoms with van der Waals surface area (Å²) in [4.78, 5) is 0. The fourth-order valence-electron chi connectivity index (χ4n) is 1.94. The number of hydrogen-bond donors (Lipinski definition) is 2. The van der Waals surface area contributed by atoms with E-state index in [9.17, 15) is 5.11 Å². The molecular formula is C14H20N4O2. The summed E-state index contributed by atoms with van der Waals surface area (Å²) in [5, 5.41) is 21.2. The molecule has 0 saturated carbocycles. The van der Waals surface area contributed by atoms with Crippen LogP contribution in [0.1, 0.15) is 18.3 Å². The molecule has 2 aromatic rings. The minimum atomic E-state index is 0.209. The molecule has 0 aliphatic rings. The van der Waals surface area contributed by atoms with Crippen molar-refractivity contribution in [3.63, 3.8) is 0 Å². The first-order chi connectivity index (χ1) is 9.72. The standard InChI is InChI=1S/C14H20N4O2/c1-3-20-12-6-4-5-11(14(12)19)9-15-8-7-13-17-16-10-18(13)2/h4-6,10,15,19H,3,7-9H2,1-2H3. The van der Waals surface area contributed by atoms with Crippen LogP contribution in [-0.2, 0) is 20.0 Å². The number of aromatic hydroxyl groups is 1. The monoisotopic (exact) mass is 276 g/mol. The molecule has 0 aliphatic heterocycles. The Labute approximate surface area is 118 Å². The van der Waals surface area contributed by atoms with Gasteiger partial charge in [0.15, 0.2) is 11.5 Å². The number of hydrogen-bond acceptors (Lipinski definition) is 5. The quantitative estimate of drug-likeness (QED) is 0.745. The van der Waals surface area contributed by atoms with Gasteiger partial charge in [-0.25, -0.2) is 0 Å². The highest BCUT2D eigenvalue weighted by atomic mass is 16.5. The van der Waals surface area contributed by atoms with Crippen molar-refractivity contribution >= 4 is 0 Å². The largest absolute Gasteiger partial charge is 0.504 e. The van der Waals surface area contributed by atoms with Gasteiger partial charge in [-0.15, -0.1) is 10.2 Å². The number of benzene rings is 1. The lowest BCUT2D eigenvalue weighted by molar-refractivity contribution is 0.316. The van der Waals surface area contributed by atoms with Crippen molar-refractivity contribution in [2.75, 3.05) is 13.2 Å². The van der Waals surface area contributed by atoms with Crippen LogP contribution in [0.2, 0.25) is 0 Å².